The molecule has 1 aromatic carbocycles. The molecule has 9 heteroatoms. The van der Waals surface area contributed by atoms with Gasteiger partial charge in [-0.25, -0.2) is 9.21 Å². The van der Waals surface area contributed by atoms with Crippen LogP contribution in [0.1, 0.15) is 23.2 Å². The average Bonchev–Trinajstić information content (AvgIpc) is 3.09. The van der Waals surface area contributed by atoms with Gasteiger partial charge in [-0.1, -0.05) is 6.07 Å². The van der Waals surface area contributed by atoms with Crippen molar-refractivity contribution in [1.29, 1.82) is 5.41 Å². The molecule has 0 aliphatic carbocycles. The lowest BCUT2D eigenvalue weighted by Gasteiger charge is -2.22. The van der Waals surface area contributed by atoms with Gasteiger partial charge in [0.15, 0.2) is 0 Å². The van der Waals surface area contributed by atoms with Gasteiger partial charge in [0.25, 0.3) is 5.91 Å². The van der Waals surface area contributed by atoms with Gasteiger partial charge in [-0.05, 0) is 25.0 Å². The monoisotopic (exact) mass is 361 g/mol. The molecule has 2 aromatic rings. The number of carboxylic acids is 1. The molecule has 0 radical (unpaired) electrons. The predicted molar refractivity (Wildman–Crippen MR) is 93.7 cm³/mol. The van der Waals surface area contributed by atoms with E-state index in [9.17, 15) is 14.7 Å². The zero-order valence-electron chi connectivity index (χ0n) is 13.1. The number of pyridine rings is 1. The molecule has 0 bridgehead atoms. The molecule has 0 saturated carbocycles. The zero-order valence-corrected chi connectivity index (χ0v) is 13.9. The van der Waals surface area contributed by atoms with Gasteiger partial charge < -0.3 is 15.7 Å². The fourth-order valence-corrected chi connectivity index (χ4v) is 3.15. The Morgan fingerprint density at radius 1 is 1.40 bits per heavy atom. The first-order valence-electron chi connectivity index (χ1n) is 7.61. The topological polar surface area (TPSA) is 124 Å². The Balaban J connectivity index is 1.98. The lowest BCUT2D eigenvalue weighted by atomic mass is 10.1. The average molecular weight is 362 g/mol. The van der Waals surface area contributed by atoms with Crippen molar-refractivity contribution in [1.82, 2.24) is 9.88 Å². The number of nitrogens with zero attached hydrogens (tertiary/aromatic N) is 3. The highest BCUT2D eigenvalue weighted by molar-refractivity contribution is 6.38. The highest BCUT2D eigenvalue weighted by atomic mass is 35.5. The van der Waals surface area contributed by atoms with Crippen LogP contribution in [0.4, 0.5) is 5.69 Å². The minimum Gasteiger partial charge on any atom is -0.480 e. The van der Waals surface area contributed by atoms with Crippen molar-refractivity contribution in [2.75, 3.05) is 11.0 Å². The summed E-state index contributed by atoms with van der Waals surface area (Å²) >= 11 is 5.98. The SMILES string of the molecule is N=C(N)N(Cl)c1cncc2cc(C(=O)N3CCC[C@H]3C(=O)O)ccc12. The molecular weight excluding hydrogens is 346 g/mol. The molecule has 0 unspecified atom stereocenters. The van der Waals surface area contributed by atoms with E-state index in [1.807, 2.05) is 0 Å². The molecule has 4 N–H and O–H groups in total. The molecule has 25 heavy (non-hydrogen) atoms. The first-order valence-corrected chi connectivity index (χ1v) is 7.95. The first kappa shape index (κ1) is 17.0. The van der Waals surface area contributed by atoms with Crippen molar-refractivity contribution in [3.63, 3.8) is 0 Å². The van der Waals surface area contributed by atoms with Crippen molar-refractivity contribution in [2.24, 2.45) is 5.73 Å². The number of halogens is 1. The molecule has 1 amide bonds. The fraction of sp³-hybridized carbons (Fsp3) is 0.250. The van der Waals surface area contributed by atoms with Crippen LogP contribution >= 0.6 is 11.8 Å². The van der Waals surface area contributed by atoms with Crippen molar-refractivity contribution >= 4 is 46.1 Å². The highest BCUT2D eigenvalue weighted by Crippen LogP contribution is 2.28. The van der Waals surface area contributed by atoms with E-state index < -0.39 is 12.0 Å². The molecule has 1 fully saturated rings. The van der Waals surface area contributed by atoms with Crippen LogP contribution in [0.25, 0.3) is 10.8 Å². The molecule has 1 aliphatic rings. The van der Waals surface area contributed by atoms with Crippen LogP contribution < -0.4 is 10.2 Å². The Kier molecular flexibility index (Phi) is 4.45. The summed E-state index contributed by atoms with van der Waals surface area (Å²) in [4.78, 5) is 29.4. The number of carbonyl (C=O) groups is 2. The number of hydrogen-bond acceptors (Lipinski definition) is 4. The number of rotatable bonds is 3. The van der Waals surface area contributed by atoms with Crippen molar-refractivity contribution in [2.45, 2.75) is 18.9 Å². The van der Waals surface area contributed by atoms with Gasteiger partial charge in [-0.3, -0.25) is 15.2 Å². The number of hydrogen-bond donors (Lipinski definition) is 3. The summed E-state index contributed by atoms with van der Waals surface area (Å²) in [6.45, 7) is 0.423. The third-order valence-corrected chi connectivity index (χ3v) is 4.57. The van der Waals surface area contributed by atoms with Crippen LogP contribution in [-0.4, -0.2) is 45.4 Å². The summed E-state index contributed by atoms with van der Waals surface area (Å²) < 4.78 is 0.970. The summed E-state index contributed by atoms with van der Waals surface area (Å²) in [5.41, 5.74) is 6.20. The van der Waals surface area contributed by atoms with E-state index >= 15 is 0 Å². The number of nitrogens with one attached hydrogen (secondary N) is 1. The normalized spacial score (nSPS) is 16.8. The van der Waals surface area contributed by atoms with Crippen LogP contribution in [0.15, 0.2) is 30.6 Å². The van der Waals surface area contributed by atoms with Gasteiger partial charge in [0.05, 0.1) is 11.9 Å². The summed E-state index contributed by atoms with van der Waals surface area (Å²) in [7, 11) is 0. The molecule has 1 aliphatic heterocycles. The number of carbonyl (C=O) groups excluding carboxylic acids is 1. The second-order valence-corrected chi connectivity index (χ2v) is 6.09. The molecule has 1 aromatic heterocycles. The van der Waals surface area contributed by atoms with E-state index in [2.05, 4.69) is 4.98 Å². The maximum Gasteiger partial charge on any atom is 0.326 e. The number of amides is 1. The lowest BCUT2D eigenvalue weighted by molar-refractivity contribution is -0.141. The van der Waals surface area contributed by atoms with Gasteiger partial charge in [0, 0.05) is 40.9 Å². The largest absolute Gasteiger partial charge is 0.480 e. The second-order valence-electron chi connectivity index (χ2n) is 5.76. The highest BCUT2D eigenvalue weighted by Gasteiger charge is 2.34. The quantitative estimate of drug-likeness (QED) is 0.435. The summed E-state index contributed by atoms with van der Waals surface area (Å²) in [5, 5.41) is 18.0. The first-order chi connectivity index (χ1) is 11.9. The molecule has 130 valence electrons. The predicted octanol–water partition coefficient (Wildman–Crippen LogP) is 1.78. The van der Waals surface area contributed by atoms with Gasteiger partial charge >= 0.3 is 5.97 Å². The molecule has 1 atom stereocenters. The number of nitrogens with two attached hydrogens (primary N) is 1. The molecular formula is C16H16ClN5O3. The number of anilines is 1. The Labute approximate surface area is 148 Å². The Morgan fingerprint density at radius 2 is 2.16 bits per heavy atom. The van der Waals surface area contributed by atoms with Crippen molar-refractivity contribution in [3.05, 3.63) is 36.2 Å². The molecule has 2 heterocycles. The van der Waals surface area contributed by atoms with E-state index in [1.165, 1.54) is 11.1 Å². The van der Waals surface area contributed by atoms with Crippen LogP contribution in [0.3, 0.4) is 0 Å². The van der Waals surface area contributed by atoms with Gasteiger partial charge in [-0.2, -0.15) is 0 Å². The second kappa shape index (κ2) is 6.56. The third kappa shape index (κ3) is 3.08. The van der Waals surface area contributed by atoms with Crippen molar-refractivity contribution in [3.8, 4) is 0 Å². The molecule has 8 nitrogen and oxygen atoms in total. The fourth-order valence-electron chi connectivity index (χ4n) is 3.01. The minimum atomic E-state index is -0.991. The third-order valence-electron chi connectivity index (χ3n) is 4.21. The molecule has 1 saturated heterocycles. The minimum absolute atomic E-state index is 0.327. The van der Waals surface area contributed by atoms with Crippen LogP contribution in [-0.2, 0) is 4.79 Å². The lowest BCUT2D eigenvalue weighted by Crippen LogP contribution is -2.40. The number of aliphatic carboxylic acids is 1. The Bertz CT molecular complexity index is 872. The van der Waals surface area contributed by atoms with E-state index in [0.717, 1.165) is 4.42 Å². The Morgan fingerprint density at radius 3 is 2.84 bits per heavy atom. The summed E-state index contributed by atoms with van der Waals surface area (Å²) in [5.74, 6) is -1.67. The summed E-state index contributed by atoms with van der Waals surface area (Å²) in [6.07, 6.45) is 4.17. The number of carboxylic acid groups (broad SMARTS) is 1. The maximum atomic E-state index is 12.7. The van der Waals surface area contributed by atoms with Crippen LogP contribution in [0.2, 0.25) is 0 Å². The van der Waals surface area contributed by atoms with E-state index in [4.69, 9.17) is 22.9 Å². The summed E-state index contributed by atoms with van der Waals surface area (Å²) in [6, 6.07) is 4.14. The molecule has 3 rings (SSSR count). The number of guanidine groups is 1. The van der Waals surface area contributed by atoms with Crippen LogP contribution in [0, 0.1) is 5.41 Å². The number of fused-ring (bicyclic) bond motifs is 1. The maximum absolute atomic E-state index is 12.7. The standard InChI is InChI=1S/C16H16ClN5O3/c17-22(16(18)19)13-8-20-7-10-6-9(3-4-11(10)13)14(23)21-5-1-2-12(21)15(24)25/h3-4,6-8,12H,1-2,5H2,(H3,18,19)(H,24,25)/t12-/m0/s1. The zero-order chi connectivity index (χ0) is 18.1. The van der Waals surface area contributed by atoms with E-state index in [1.54, 1.807) is 24.4 Å². The van der Waals surface area contributed by atoms with Crippen LogP contribution in [0.5, 0.6) is 0 Å². The van der Waals surface area contributed by atoms with Crippen molar-refractivity contribution < 1.29 is 14.7 Å². The number of benzene rings is 1. The number of aromatic nitrogens is 1. The van der Waals surface area contributed by atoms with Gasteiger partial charge in [0.1, 0.15) is 6.04 Å². The van der Waals surface area contributed by atoms with E-state index in [0.29, 0.717) is 41.4 Å². The van der Waals surface area contributed by atoms with Gasteiger partial charge in [-0.15, -0.1) is 0 Å². The van der Waals surface area contributed by atoms with E-state index in [-0.39, 0.29) is 11.9 Å². The van der Waals surface area contributed by atoms with Gasteiger partial charge in [0.2, 0.25) is 5.96 Å². The Hall–Kier alpha value is -2.87. The number of likely N-dealkylation sites (tertiary alicyclic amines) is 1. The smallest absolute Gasteiger partial charge is 0.326 e. The molecule has 0 spiro atoms.